The molecule has 1 fully saturated rings. The van der Waals surface area contributed by atoms with Gasteiger partial charge in [-0.2, -0.15) is 0 Å². The highest BCUT2D eigenvalue weighted by Gasteiger charge is 2.26. The summed E-state index contributed by atoms with van der Waals surface area (Å²) in [4.78, 5) is 15.6. The Bertz CT molecular complexity index is 218. The number of hydrogen-bond acceptors (Lipinski definition) is 3. The van der Waals surface area contributed by atoms with E-state index in [0.29, 0.717) is 12.0 Å². The van der Waals surface area contributed by atoms with Crippen molar-refractivity contribution in [2.45, 2.75) is 26.3 Å². The SMILES string of the molecule is CC(C)N(C)C[C@@H]1CCN(C(=O)CN)C1. The first-order valence-electron chi connectivity index (χ1n) is 5.72. The molecule has 1 aliphatic rings. The third kappa shape index (κ3) is 3.47. The predicted molar refractivity (Wildman–Crippen MR) is 61.5 cm³/mol. The smallest absolute Gasteiger partial charge is 0.236 e. The van der Waals surface area contributed by atoms with E-state index in [-0.39, 0.29) is 12.5 Å². The van der Waals surface area contributed by atoms with Crippen LogP contribution in [0.5, 0.6) is 0 Å². The number of amides is 1. The zero-order valence-corrected chi connectivity index (χ0v) is 10.1. The summed E-state index contributed by atoms with van der Waals surface area (Å²) in [6.07, 6.45) is 1.11. The van der Waals surface area contributed by atoms with E-state index in [0.717, 1.165) is 26.1 Å². The van der Waals surface area contributed by atoms with Crippen molar-refractivity contribution in [1.82, 2.24) is 9.80 Å². The van der Waals surface area contributed by atoms with Gasteiger partial charge >= 0.3 is 0 Å². The molecule has 0 aromatic rings. The molecular formula is C11H23N3O. The van der Waals surface area contributed by atoms with E-state index in [1.165, 1.54) is 0 Å². The third-order valence-electron chi connectivity index (χ3n) is 3.24. The van der Waals surface area contributed by atoms with Crippen LogP contribution in [0.2, 0.25) is 0 Å². The fraction of sp³-hybridized carbons (Fsp3) is 0.909. The van der Waals surface area contributed by atoms with Gasteiger partial charge in [-0.25, -0.2) is 0 Å². The molecular weight excluding hydrogens is 190 g/mol. The van der Waals surface area contributed by atoms with Gasteiger partial charge in [-0.05, 0) is 33.2 Å². The minimum absolute atomic E-state index is 0.0877. The first kappa shape index (κ1) is 12.5. The maximum absolute atomic E-state index is 11.4. The van der Waals surface area contributed by atoms with Gasteiger partial charge in [-0.3, -0.25) is 4.79 Å². The zero-order valence-electron chi connectivity index (χ0n) is 10.1. The Hall–Kier alpha value is -0.610. The molecule has 88 valence electrons. The highest BCUT2D eigenvalue weighted by molar-refractivity contribution is 5.78. The van der Waals surface area contributed by atoms with Crippen molar-refractivity contribution in [3.05, 3.63) is 0 Å². The average Bonchev–Trinajstić information content (AvgIpc) is 2.65. The molecule has 1 rings (SSSR count). The van der Waals surface area contributed by atoms with Gasteiger partial charge in [0.2, 0.25) is 5.91 Å². The summed E-state index contributed by atoms with van der Waals surface area (Å²) >= 11 is 0. The van der Waals surface area contributed by atoms with Gasteiger partial charge in [-0.1, -0.05) is 0 Å². The molecule has 0 unspecified atom stereocenters. The molecule has 1 atom stereocenters. The molecule has 4 nitrogen and oxygen atoms in total. The molecule has 4 heteroatoms. The zero-order chi connectivity index (χ0) is 11.4. The van der Waals surface area contributed by atoms with E-state index < -0.39 is 0 Å². The van der Waals surface area contributed by atoms with Gasteiger partial charge in [-0.15, -0.1) is 0 Å². The van der Waals surface area contributed by atoms with Gasteiger partial charge in [0.05, 0.1) is 6.54 Å². The van der Waals surface area contributed by atoms with Gasteiger partial charge < -0.3 is 15.5 Å². The minimum atomic E-state index is 0.0877. The molecule has 1 aliphatic heterocycles. The van der Waals surface area contributed by atoms with Gasteiger partial charge in [0.15, 0.2) is 0 Å². The predicted octanol–water partition coefficient (Wildman–Crippen LogP) is 0.134. The van der Waals surface area contributed by atoms with Crippen LogP contribution in [0.15, 0.2) is 0 Å². The number of nitrogens with two attached hydrogens (primary N) is 1. The van der Waals surface area contributed by atoms with Crippen LogP contribution in [0.4, 0.5) is 0 Å². The second-order valence-corrected chi connectivity index (χ2v) is 4.73. The summed E-state index contributed by atoms with van der Waals surface area (Å²) < 4.78 is 0. The van der Waals surface area contributed by atoms with E-state index in [1.54, 1.807) is 0 Å². The molecule has 2 N–H and O–H groups in total. The van der Waals surface area contributed by atoms with Crippen molar-refractivity contribution >= 4 is 5.91 Å². The molecule has 0 bridgehead atoms. The lowest BCUT2D eigenvalue weighted by Crippen LogP contribution is -2.36. The van der Waals surface area contributed by atoms with Crippen LogP contribution in [0.25, 0.3) is 0 Å². The lowest BCUT2D eigenvalue weighted by atomic mass is 10.1. The minimum Gasteiger partial charge on any atom is -0.341 e. The fourth-order valence-corrected chi connectivity index (χ4v) is 1.96. The number of carbonyl (C=O) groups excluding carboxylic acids is 1. The van der Waals surface area contributed by atoms with Crippen LogP contribution in [0, 0.1) is 5.92 Å². The Balaban J connectivity index is 2.33. The quantitative estimate of drug-likeness (QED) is 0.722. The van der Waals surface area contributed by atoms with Crippen molar-refractivity contribution in [2.75, 3.05) is 33.2 Å². The topological polar surface area (TPSA) is 49.6 Å². The number of rotatable bonds is 4. The Kier molecular flexibility index (Phi) is 4.54. The first-order chi connectivity index (χ1) is 7.04. The lowest BCUT2D eigenvalue weighted by molar-refractivity contribution is -0.128. The van der Waals surface area contributed by atoms with Crippen LogP contribution < -0.4 is 5.73 Å². The number of nitrogens with zero attached hydrogens (tertiary/aromatic N) is 2. The maximum Gasteiger partial charge on any atom is 0.236 e. The van der Waals surface area contributed by atoms with E-state index >= 15 is 0 Å². The Labute approximate surface area is 92.4 Å². The Morgan fingerprint density at radius 1 is 1.60 bits per heavy atom. The molecule has 15 heavy (non-hydrogen) atoms. The largest absolute Gasteiger partial charge is 0.341 e. The summed E-state index contributed by atoms with van der Waals surface area (Å²) in [6.45, 7) is 7.37. The van der Waals surface area contributed by atoms with Crippen molar-refractivity contribution in [3.63, 3.8) is 0 Å². The van der Waals surface area contributed by atoms with Gasteiger partial charge in [0, 0.05) is 25.7 Å². The molecule has 1 saturated heterocycles. The van der Waals surface area contributed by atoms with Gasteiger partial charge in [0.1, 0.15) is 0 Å². The summed E-state index contributed by atoms with van der Waals surface area (Å²) in [7, 11) is 2.14. The second-order valence-electron chi connectivity index (χ2n) is 4.73. The summed E-state index contributed by atoms with van der Waals surface area (Å²) in [5.74, 6) is 0.706. The van der Waals surface area contributed by atoms with Crippen molar-refractivity contribution in [1.29, 1.82) is 0 Å². The third-order valence-corrected chi connectivity index (χ3v) is 3.24. The highest BCUT2D eigenvalue weighted by Crippen LogP contribution is 2.17. The fourth-order valence-electron chi connectivity index (χ4n) is 1.96. The Morgan fingerprint density at radius 3 is 2.80 bits per heavy atom. The second kappa shape index (κ2) is 5.47. The monoisotopic (exact) mass is 213 g/mol. The summed E-state index contributed by atoms with van der Waals surface area (Å²) in [5.41, 5.74) is 5.35. The van der Waals surface area contributed by atoms with Crippen molar-refractivity contribution in [2.24, 2.45) is 11.7 Å². The molecule has 0 aliphatic carbocycles. The molecule has 0 aromatic heterocycles. The normalized spacial score (nSPS) is 21.7. The van der Waals surface area contributed by atoms with Crippen LogP contribution in [-0.2, 0) is 4.79 Å². The number of hydrogen-bond donors (Lipinski definition) is 1. The van der Waals surface area contributed by atoms with Crippen molar-refractivity contribution < 1.29 is 4.79 Å². The number of likely N-dealkylation sites (tertiary alicyclic amines) is 1. The van der Waals surface area contributed by atoms with Crippen LogP contribution in [0.3, 0.4) is 0 Å². The first-order valence-corrected chi connectivity index (χ1v) is 5.72. The van der Waals surface area contributed by atoms with Crippen LogP contribution in [0.1, 0.15) is 20.3 Å². The molecule has 0 radical (unpaired) electrons. The average molecular weight is 213 g/mol. The molecule has 1 amide bonds. The summed E-state index contributed by atoms with van der Waals surface area (Å²) in [5, 5.41) is 0. The van der Waals surface area contributed by atoms with Gasteiger partial charge in [0.25, 0.3) is 0 Å². The van der Waals surface area contributed by atoms with E-state index in [9.17, 15) is 4.79 Å². The van der Waals surface area contributed by atoms with E-state index in [2.05, 4.69) is 25.8 Å². The lowest BCUT2D eigenvalue weighted by Gasteiger charge is -2.24. The molecule has 1 heterocycles. The Morgan fingerprint density at radius 2 is 2.27 bits per heavy atom. The molecule has 0 aromatic carbocycles. The summed E-state index contributed by atoms with van der Waals surface area (Å²) in [6, 6.07) is 0.573. The van der Waals surface area contributed by atoms with Crippen LogP contribution in [-0.4, -0.2) is 55.0 Å². The molecule has 0 saturated carbocycles. The van der Waals surface area contributed by atoms with Crippen molar-refractivity contribution in [3.8, 4) is 0 Å². The molecule has 0 spiro atoms. The highest BCUT2D eigenvalue weighted by atomic mass is 16.2. The van der Waals surface area contributed by atoms with Crippen LogP contribution >= 0.6 is 0 Å². The maximum atomic E-state index is 11.4. The standard InChI is InChI=1S/C11H23N3O/c1-9(2)13(3)7-10-4-5-14(8-10)11(15)6-12/h9-10H,4-8,12H2,1-3H3/t10-/m0/s1. The van der Waals surface area contributed by atoms with E-state index in [1.807, 2.05) is 4.90 Å². The van der Waals surface area contributed by atoms with E-state index in [4.69, 9.17) is 5.73 Å². The number of carbonyl (C=O) groups is 1.